The molecule has 4 nitrogen and oxygen atoms in total. The van der Waals surface area contributed by atoms with Crippen molar-refractivity contribution in [1.29, 1.82) is 0 Å². The number of unbranched alkanes of at least 4 members (excludes halogenated alkanes) is 18. The SMILES string of the molecule is O=C1OC(CCCCCC#CCCCCCCCCc2cccnc2)C=C1CCCCC#CCCCCCCCCCc1cccnc1. The number of carbonyl (C=O) groups excluding carboxylic acids is 1. The molecule has 2 aromatic rings. The van der Waals surface area contributed by atoms with Gasteiger partial charge in [0.25, 0.3) is 0 Å². The van der Waals surface area contributed by atoms with Crippen LogP contribution in [0, 0.1) is 23.7 Å². The van der Waals surface area contributed by atoms with Gasteiger partial charge >= 0.3 is 5.97 Å². The molecule has 1 aliphatic heterocycles. The van der Waals surface area contributed by atoms with Crippen LogP contribution in [-0.2, 0) is 22.4 Å². The summed E-state index contributed by atoms with van der Waals surface area (Å²) in [6.07, 6.45) is 40.0. The van der Waals surface area contributed by atoms with Gasteiger partial charge in [0.05, 0.1) is 0 Å². The van der Waals surface area contributed by atoms with Gasteiger partial charge in [-0.25, -0.2) is 4.79 Å². The Bertz CT molecular complexity index is 1250. The third kappa shape index (κ3) is 20.1. The first-order valence-electron chi connectivity index (χ1n) is 19.4. The van der Waals surface area contributed by atoms with Crippen molar-refractivity contribution in [2.24, 2.45) is 0 Å². The summed E-state index contributed by atoms with van der Waals surface area (Å²) in [6, 6.07) is 8.39. The minimum atomic E-state index is -0.102. The molecule has 2 aromatic heterocycles. The van der Waals surface area contributed by atoms with Crippen molar-refractivity contribution in [2.45, 2.75) is 173 Å². The van der Waals surface area contributed by atoms with Crippen molar-refractivity contribution in [1.82, 2.24) is 9.97 Å². The zero-order valence-electron chi connectivity index (χ0n) is 29.9. The lowest BCUT2D eigenvalue weighted by Gasteiger charge is -2.06. The normalized spacial score (nSPS) is 13.7. The molecular formula is C44H62N2O2. The lowest BCUT2D eigenvalue weighted by Crippen LogP contribution is -2.08. The number of esters is 1. The van der Waals surface area contributed by atoms with Gasteiger partial charge in [-0.3, -0.25) is 9.97 Å². The molecule has 1 atom stereocenters. The summed E-state index contributed by atoms with van der Waals surface area (Å²) in [6.45, 7) is 0. The summed E-state index contributed by atoms with van der Waals surface area (Å²) in [5.41, 5.74) is 3.58. The Kier molecular flexibility index (Phi) is 22.4. The fourth-order valence-electron chi connectivity index (χ4n) is 6.25. The summed E-state index contributed by atoms with van der Waals surface area (Å²) in [7, 11) is 0. The number of carbonyl (C=O) groups is 1. The quantitative estimate of drug-likeness (QED) is 0.0577. The molecule has 0 aromatic carbocycles. The fraction of sp³-hybridized carbons (Fsp3) is 0.614. The number of hydrogen-bond acceptors (Lipinski definition) is 4. The minimum absolute atomic E-state index is 0.0273. The number of nitrogens with zero attached hydrogens (tertiary/aromatic N) is 2. The van der Waals surface area contributed by atoms with Gasteiger partial charge in [0.15, 0.2) is 0 Å². The molecule has 4 heteroatoms. The Morgan fingerprint density at radius 2 is 0.938 bits per heavy atom. The van der Waals surface area contributed by atoms with Gasteiger partial charge in [0.2, 0.25) is 0 Å². The van der Waals surface area contributed by atoms with Crippen LogP contribution in [0.3, 0.4) is 0 Å². The van der Waals surface area contributed by atoms with E-state index in [-0.39, 0.29) is 12.1 Å². The van der Waals surface area contributed by atoms with Gasteiger partial charge in [-0.15, -0.1) is 23.7 Å². The Hall–Kier alpha value is -3.37. The van der Waals surface area contributed by atoms with Crippen molar-refractivity contribution in [3.63, 3.8) is 0 Å². The number of aryl methyl sites for hydroxylation is 2. The smallest absolute Gasteiger partial charge is 0.334 e. The van der Waals surface area contributed by atoms with Gasteiger partial charge in [-0.1, -0.05) is 76.3 Å². The van der Waals surface area contributed by atoms with Crippen molar-refractivity contribution in [2.75, 3.05) is 0 Å². The highest BCUT2D eigenvalue weighted by Gasteiger charge is 2.24. The maximum atomic E-state index is 12.3. The Morgan fingerprint density at radius 3 is 1.42 bits per heavy atom. The van der Waals surface area contributed by atoms with Crippen molar-refractivity contribution < 1.29 is 9.53 Å². The zero-order chi connectivity index (χ0) is 33.6. The summed E-state index contributed by atoms with van der Waals surface area (Å²) in [5.74, 6) is 13.3. The summed E-state index contributed by atoms with van der Waals surface area (Å²) in [5, 5.41) is 0. The number of cyclic esters (lactones) is 1. The summed E-state index contributed by atoms with van der Waals surface area (Å²) in [4.78, 5) is 20.6. The molecule has 0 radical (unpaired) electrons. The largest absolute Gasteiger partial charge is 0.455 e. The molecule has 0 aliphatic carbocycles. The molecule has 48 heavy (non-hydrogen) atoms. The monoisotopic (exact) mass is 650 g/mol. The molecule has 0 fully saturated rings. The van der Waals surface area contributed by atoms with Crippen LogP contribution in [0.5, 0.6) is 0 Å². The Balaban J connectivity index is 1.04. The first-order valence-corrected chi connectivity index (χ1v) is 19.4. The molecule has 0 saturated heterocycles. The van der Waals surface area contributed by atoms with Gasteiger partial charge in [-0.05, 0) is 106 Å². The van der Waals surface area contributed by atoms with Crippen molar-refractivity contribution in [3.8, 4) is 23.7 Å². The molecule has 0 N–H and O–H groups in total. The second-order valence-corrected chi connectivity index (χ2v) is 13.5. The standard InChI is InChI=1S/C44H62N2O2/c47-44-42(33-25-21-17-13-9-5-1-3-7-11-15-19-23-29-40-31-27-35-45-38-40)37-43(48-44)34-26-22-18-14-10-6-2-4-8-12-16-20-24-30-41-32-28-36-46-39-41/h27-28,31-32,35-39,43H,1-5,7-8,11-12,14-26,29-30,33-34H2. The van der Waals surface area contributed by atoms with E-state index in [1.54, 1.807) is 0 Å². The number of hydrogen-bond donors (Lipinski definition) is 0. The number of rotatable bonds is 26. The van der Waals surface area contributed by atoms with E-state index in [4.69, 9.17) is 4.74 Å². The third-order valence-electron chi connectivity index (χ3n) is 9.18. The highest BCUT2D eigenvalue weighted by molar-refractivity contribution is 5.90. The first-order chi connectivity index (χ1) is 23.8. The Morgan fingerprint density at radius 1 is 0.521 bits per heavy atom. The van der Waals surface area contributed by atoms with Gasteiger partial charge in [0, 0.05) is 56.0 Å². The molecule has 0 saturated carbocycles. The average molecular weight is 651 g/mol. The van der Waals surface area contributed by atoms with Gasteiger partial charge in [0.1, 0.15) is 6.10 Å². The molecule has 1 aliphatic rings. The van der Waals surface area contributed by atoms with Crippen LogP contribution in [0.1, 0.15) is 165 Å². The molecule has 3 rings (SSSR count). The van der Waals surface area contributed by atoms with E-state index in [0.717, 1.165) is 89.0 Å². The van der Waals surface area contributed by atoms with E-state index in [2.05, 4.69) is 51.9 Å². The first kappa shape index (κ1) is 39.1. The van der Waals surface area contributed by atoms with E-state index < -0.39 is 0 Å². The number of pyridine rings is 2. The van der Waals surface area contributed by atoms with Crippen molar-refractivity contribution >= 4 is 5.97 Å². The molecule has 0 bridgehead atoms. The Labute approximate surface area is 293 Å². The van der Waals surface area contributed by atoms with Crippen LogP contribution < -0.4 is 0 Å². The third-order valence-corrected chi connectivity index (χ3v) is 9.18. The average Bonchev–Trinajstić information content (AvgIpc) is 3.47. The van der Waals surface area contributed by atoms with Crippen LogP contribution in [0.25, 0.3) is 0 Å². The fourth-order valence-corrected chi connectivity index (χ4v) is 6.25. The van der Waals surface area contributed by atoms with Crippen LogP contribution in [-0.4, -0.2) is 22.0 Å². The summed E-state index contributed by atoms with van der Waals surface area (Å²) < 4.78 is 5.60. The molecule has 1 unspecified atom stereocenters. The summed E-state index contributed by atoms with van der Waals surface area (Å²) >= 11 is 0. The second-order valence-electron chi connectivity index (χ2n) is 13.5. The predicted octanol–water partition coefficient (Wildman–Crippen LogP) is 11.5. The van der Waals surface area contributed by atoms with Crippen molar-refractivity contribution in [3.05, 3.63) is 71.8 Å². The van der Waals surface area contributed by atoms with Crippen LogP contribution in [0.2, 0.25) is 0 Å². The highest BCUT2D eigenvalue weighted by atomic mass is 16.5. The van der Waals surface area contributed by atoms with Crippen LogP contribution >= 0.6 is 0 Å². The molecular weight excluding hydrogens is 588 g/mol. The molecule has 3 heterocycles. The van der Waals surface area contributed by atoms with Crippen LogP contribution in [0.15, 0.2) is 60.7 Å². The van der Waals surface area contributed by atoms with E-state index >= 15 is 0 Å². The maximum absolute atomic E-state index is 12.3. The lowest BCUT2D eigenvalue weighted by molar-refractivity contribution is -0.140. The molecule has 0 spiro atoms. The minimum Gasteiger partial charge on any atom is -0.455 e. The van der Waals surface area contributed by atoms with Gasteiger partial charge in [-0.2, -0.15) is 0 Å². The number of ether oxygens (including phenoxy) is 1. The topological polar surface area (TPSA) is 52.1 Å². The van der Waals surface area contributed by atoms with E-state index in [0.29, 0.717) is 0 Å². The van der Waals surface area contributed by atoms with E-state index in [1.165, 1.54) is 94.6 Å². The van der Waals surface area contributed by atoms with Crippen LogP contribution in [0.4, 0.5) is 0 Å². The molecule has 0 amide bonds. The molecule has 260 valence electrons. The lowest BCUT2D eigenvalue weighted by atomic mass is 10.0. The van der Waals surface area contributed by atoms with E-state index in [9.17, 15) is 4.79 Å². The number of aromatic nitrogens is 2. The van der Waals surface area contributed by atoms with Gasteiger partial charge < -0.3 is 4.74 Å². The van der Waals surface area contributed by atoms with E-state index in [1.807, 2.05) is 36.9 Å². The second kappa shape index (κ2) is 27.6. The highest BCUT2D eigenvalue weighted by Crippen LogP contribution is 2.23. The maximum Gasteiger partial charge on any atom is 0.334 e. The zero-order valence-corrected chi connectivity index (χ0v) is 29.9. The predicted molar refractivity (Wildman–Crippen MR) is 200 cm³/mol.